The number of carboxylic acid groups (broad SMARTS) is 1. The lowest BCUT2D eigenvalue weighted by Gasteiger charge is -2.20. The zero-order valence-electron chi connectivity index (χ0n) is 19.0. The van der Waals surface area contributed by atoms with Crippen LogP contribution in [-0.2, 0) is 4.79 Å². The van der Waals surface area contributed by atoms with Crippen LogP contribution in [0.15, 0.2) is 82.1 Å². The van der Waals surface area contributed by atoms with Gasteiger partial charge in [0, 0.05) is 16.8 Å². The smallest absolute Gasteiger partial charge is 0.326 e. The van der Waals surface area contributed by atoms with Crippen LogP contribution >= 0.6 is 0 Å². The number of carboxylic acids is 1. The van der Waals surface area contributed by atoms with Crippen molar-refractivity contribution in [2.24, 2.45) is 0 Å². The average Bonchev–Trinajstić information content (AvgIpc) is 3.23. The third kappa shape index (κ3) is 3.93. The molecule has 0 spiro atoms. The Morgan fingerprint density at radius 1 is 1.03 bits per heavy atom. The Morgan fingerprint density at radius 3 is 2.51 bits per heavy atom. The van der Waals surface area contributed by atoms with E-state index in [0.29, 0.717) is 0 Å². The molecule has 0 saturated carbocycles. The second kappa shape index (κ2) is 8.72. The largest absolute Gasteiger partial charge is 0.480 e. The number of benzene rings is 3. The molecule has 8 heteroatoms. The first-order valence-electron chi connectivity index (χ1n) is 11.1. The van der Waals surface area contributed by atoms with Crippen LogP contribution in [0.4, 0.5) is 10.1 Å². The van der Waals surface area contributed by atoms with Gasteiger partial charge in [-0.25, -0.2) is 14.2 Å². The maximum atomic E-state index is 14.5. The van der Waals surface area contributed by atoms with Gasteiger partial charge in [0.2, 0.25) is 0 Å². The monoisotopic (exact) mass is 471 g/mol. The Bertz CT molecular complexity index is 1640. The normalized spacial score (nSPS) is 13.1. The Morgan fingerprint density at radius 2 is 1.74 bits per heavy atom. The number of carbonyl (C=O) groups is 1. The molecule has 2 aromatic heterocycles. The van der Waals surface area contributed by atoms with E-state index in [0.717, 1.165) is 32.1 Å². The van der Waals surface area contributed by atoms with Gasteiger partial charge in [0.25, 0.3) is 5.56 Å². The van der Waals surface area contributed by atoms with E-state index in [4.69, 9.17) is 4.42 Å². The van der Waals surface area contributed by atoms with Crippen LogP contribution < -0.4 is 10.9 Å². The molecular weight excluding hydrogens is 449 g/mol. The van der Waals surface area contributed by atoms with Crippen molar-refractivity contribution >= 4 is 33.6 Å². The molecule has 0 saturated heterocycles. The van der Waals surface area contributed by atoms with Crippen molar-refractivity contribution in [3.05, 3.63) is 94.7 Å². The third-order valence-electron chi connectivity index (χ3n) is 6.13. The number of anilines is 1. The molecule has 0 fully saturated rings. The number of nitrogens with zero attached hydrogens (tertiary/aromatic N) is 2. The molecule has 5 rings (SSSR count). The summed E-state index contributed by atoms with van der Waals surface area (Å²) in [5, 5.41) is 14.7. The second-order valence-corrected chi connectivity index (χ2v) is 8.38. The van der Waals surface area contributed by atoms with Crippen molar-refractivity contribution in [3.63, 3.8) is 0 Å². The van der Waals surface area contributed by atoms with Crippen LogP contribution in [0.2, 0.25) is 0 Å². The predicted octanol–water partition coefficient (Wildman–Crippen LogP) is 5.77. The SMILES string of the molecule is CC(Nc1cnc(-c2ccccc2F)n(C(C)C(=O)O)c1=O)c1ccc2oc3ccccc3c2c1. The average molecular weight is 471 g/mol. The van der Waals surface area contributed by atoms with Gasteiger partial charge in [-0.1, -0.05) is 36.4 Å². The number of hydrogen-bond acceptors (Lipinski definition) is 5. The molecule has 2 unspecified atom stereocenters. The molecule has 3 aromatic carbocycles. The van der Waals surface area contributed by atoms with Gasteiger partial charge in [0.15, 0.2) is 0 Å². The minimum absolute atomic E-state index is 0.0486. The van der Waals surface area contributed by atoms with Gasteiger partial charge in [-0.2, -0.15) is 0 Å². The Balaban J connectivity index is 1.55. The number of fused-ring (bicyclic) bond motifs is 3. The van der Waals surface area contributed by atoms with E-state index in [1.807, 2.05) is 49.4 Å². The minimum atomic E-state index is -1.25. The maximum absolute atomic E-state index is 14.5. The quantitative estimate of drug-likeness (QED) is 0.326. The fraction of sp³-hybridized carbons (Fsp3) is 0.148. The number of hydrogen-bond donors (Lipinski definition) is 2. The maximum Gasteiger partial charge on any atom is 0.326 e. The van der Waals surface area contributed by atoms with E-state index in [-0.39, 0.29) is 23.1 Å². The highest BCUT2D eigenvalue weighted by Crippen LogP contribution is 2.31. The number of para-hydroxylation sites is 1. The molecule has 5 aromatic rings. The van der Waals surface area contributed by atoms with Gasteiger partial charge in [-0.15, -0.1) is 0 Å². The summed E-state index contributed by atoms with van der Waals surface area (Å²) in [4.78, 5) is 29.4. The summed E-state index contributed by atoms with van der Waals surface area (Å²) in [5.41, 5.74) is 2.01. The first-order chi connectivity index (χ1) is 16.8. The molecule has 0 bridgehead atoms. The van der Waals surface area contributed by atoms with E-state index < -0.39 is 23.4 Å². The van der Waals surface area contributed by atoms with Crippen molar-refractivity contribution in [2.45, 2.75) is 25.9 Å². The minimum Gasteiger partial charge on any atom is -0.480 e. The summed E-state index contributed by atoms with van der Waals surface area (Å²) in [6, 6.07) is 17.8. The topological polar surface area (TPSA) is 97.4 Å². The summed E-state index contributed by atoms with van der Waals surface area (Å²) in [5.74, 6) is -1.87. The molecule has 2 heterocycles. The molecule has 0 aliphatic rings. The van der Waals surface area contributed by atoms with Crippen LogP contribution in [0, 0.1) is 5.82 Å². The zero-order chi connectivity index (χ0) is 24.7. The number of aromatic nitrogens is 2. The van der Waals surface area contributed by atoms with E-state index in [9.17, 15) is 19.1 Å². The van der Waals surface area contributed by atoms with Crippen LogP contribution in [0.3, 0.4) is 0 Å². The van der Waals surface area contributed by atoms with Gasteiger partial charge in [0.1, 0.15) is 34.5 Å². The number of halogens is 1. The number of furan rings is 1. The zero-order valence-corrected chi connectivity index (χ0v) is 19.0. The number of nitrogens with one attached hydrogen (secondary N) is 1. The van der Waals surface area contributed by atoms with Gasteiger partial charge >= 0.3 is 5.97 Å². The summed E-state index contributed by atoms with van der Waals surface area (Å²) in [6.45, 7) is 3.25. The predicted molar refractivity (Wildman–Crippen MR) is 132 cm³/mol. The molecule has 0 amide bonds. The van der Waals surface area contributed by atoms with Crippen LogP contribution in [0.5, 0.6) is 0 Å². The van der Waals surface area contributed by atoms with Crippen LogP contribution in [0.25, 0.3) is 33.3 Å². The standard InChI is InChI=1S/C27H22FN3O4/c1-15(17-11-12-24-20(13-17)18-7-4-6-10-23(18)35-24)30-22-14-29-25(19-8-3-5-9-21(19)28)31(26(22)32)16(2)27(33)34/h3-16,30H,1-2H3,(H,33,34). The Hall–Kier alpha value is -4.46. The number of rotatable bonds is 6. The highest BCUT2D eigenvalue weighted by Gasteiger charge is 2.24. The molecule has 0 aliphatic heterocycles. The summed E-state index contributed by atoms with van der Waals surface area (Å²) < 4.78 is 21.4. The van der Waals surface area contributed by atoms with Crippen LogP contribution in [0.1, 0.15) is 31.5 Å². The molecule has 2 N–H and O–H groups in total. The van der Waals surface area contributed by atoms with Gasteiger partial charge in [-0.3, -0.25) is 9.36 Å². The highest BCUT2D eigenvalue weighted by atomic mass is 19.1. The summed E-state index contributed by atoms with van der Waals surface area (Å²) >= 11 is 0. The first kappa shape index (κ1) is 22.3. The Kier molecular flexibility index (Phi) is 5.56. The molecule has 0 radical (unpaired) electrons. The van der Waals surface area contributed by atoms with E-state index >= 15 is 0 Å². The van der Waals surface area contributed by atoms with Crippen molar-refractivity contribution in [3.8, 4) is 11.4 Å². The van der Waals surface area contributed by atoms with Crippen LogP contribution in [-0.4, -0.2) is 20.6 Å². The third-order valence-corrected chi connectivity index (χ3v) is 6.13. The van der Waals surface area contributed by atoms with Gasteiger partial charge in [0.05, 0.1) is 11.8 Å². The van der Waals surface area contributed by atoms with Gasteiger partial charge in [-0.05, 0) is 49.7 Å². The lowest BCUT2D eigenvalue weighted by atomic mass is 10.0. The van der Waals surface area contributed by atoms with E-state index in [1.54, 1.807) is 6.07 Å². The summed E-state index contributed by atoms with van der Waals surface area (Å²) in [7, 11) is 0. The molecule has 2 atom stereocenters. The lowest BCUT2D eigenvalue weighted by Crippen LogP contribution is -2.32. The molecule has 176 valence electrons. The van der Waals surface area contributed by atoms with Crippen molar-refractivity contribution < 1.29 is 18.7 Å². The van der Waals surface area contributed by atoms with Crippen molar-refractivity contribution in [1.82, 2.24) is 9.55 Å². The van der Waals surface area contributed by atoms with Crippen molar-refractivity contribution in [1.29, 1.82) is 0 Å². The second-order valence-electron chi connectivity index (χ2n) is 8.38. The van der Waals surface area contributed by atoms with Gasteiger partial charge < -0.3 is 14.8 Å². The Labute approximate surface area is 199 Å². The van der Waals surface area contributed by atoms with E-state index in [2.05, 4.69) is 10.3 Å². The number of aliphatic carboxylic acids is 1. The fourth-order valence-corrected chi connectivity index (χ4v) is 4.21. The van der Waals surface area contributed by atoms with E-state index in [1.165, 1.54) is 31.3 Å². The highest BCUT2D eigenvalue weighted by molar-refractivity contribution is 6.05. The first-order valence-corrected chi connectivity index (χ1v) is 11.1. The molecule has 7 nitrogen and oxygen atoms in total. The fourth-order valence-electron chi connectivity index (χ4n) is 4.21. The molecule has 35 heavy (non-hydrogen) atoms. The lowest BCUT2D eigenvalue weighted by molar-refractivity contribution is -0.140. The molecular formula is C27H22FN3O4. The molecule has 0 aliphatic carbocycles. The summed E-state index contributed by atoms with van der Waals surface area (Å²) in [6.07, 6.45) is 1.32. The van der Waals surface area contributed by atoms with Crippen molar-refractivity contribution in [2.75, 3.05) is 5.32 Å².